The number of anilines is 1. The van der Waals surface area contributed by atoms with Crippen molar-refractivity contribution in [2.24, 2.45) is 0 Å². The minimum atomic E-state index is -0.381. The number of nitro groups is 1. The van der Waals surface area contributed by atoms with Gasteiger partial charge in [-0.3, -0.25) is 10.1 Å². The second kappa shape index (κ2) is 6.53. The Balaban J connectivity index is 2.14. The van der Waals surface area contributed by atoms with E-state index in [0.29, 0.717) is 18.0 Å². The summed E-state index contributed by atoms with van der Waals surface area (Å²) >= 11 is 0. The molecular weight excluding hydrogens is 260 g/mol. The van der Waals surface area contributed by atoms with Gasteiger partial charge in [0, 0.05) is 38.3 Å². The predicted molar refractivity (Wildman–Crippen MR) is 77.0 cm³/mol. The molecule has 0 unspecified atom stereocenters. The average molecular weight is 280 g/mol. The molecular formula is C13H20N4O3. The molecule has 1 heterocycles. The van der Waals surface area contributed by atoms with Crippen molar-refractivity contribution in [1.29, 1.82) is 0 Å². The van der Waals surface area contributed by atoms with Gasteiger partial charge in [0.25, 0.3) is 5.69 Å². The number of hydrazine groups is 1. The number of nitrogens with one attached hydrogen (secondary N) is 1. The zero-order chi connectivity index (χ0) is 14.5. The van der Waals surface area contributed by atoms with Gasteiger partial charge in [0.2, 0.25) is 0 Å². The summed E-state index contributed by atoms with van der Waals surface area (Å²) in [6, 6.07) is 4.78. The molecule has 0 aliphatic carbocycles. The van der Waals surface area contributed by atoms with Crippen molar-refractivity contribution in [2.75, 3.05) is 45.3 Å². The average Bonchev–Trinajstić information content (AvgIpc) is 2.42. The van der Waals surface area contributed by atoms with Crippen LogP contribution in [0.15, 0.2) is 18.2 Å². The molecule has 1 aromatic rings. The highest BCUT2D eigenvalue weighted by atomic mass is 16.6. The Hall–Kier alpha value is -1.86. The van der Waals surface area contributed by atoms with Gasteiger partial charge in [0.1, 0.15) is 11.4 Å². The zero-order valence-corrected chi connectivity index (χ0v) is 11.8. The summed E-state index contributed by atoms with van der Waals surface area (Å²) in [5.41, 5.74) is 3.67. The molecule has 0 radical (unpaired) electrons. The van der Waals surface area contributed by atoms with E-state index in [4.69, 9.17) is 4.74 Å². The summed E-state index contributed by atoms with van der Waals surface area (Å²) in [5, 5.41) is 13.1. The molecule has 0 saturated carbocycles. The molecule has 0 aromatic heterocycles. The maximum atomic E-state index is 11.1. The molecule has 110 valence electrons. The molecule has 7 nitrogen and oxygen atoms in total. The third-order valence-corrected chi connectivity index (χ3v) is 3.26. The van der Waals surface area contributed by atoms with E-state index in [9.17, 15) is 10.1 Å². The Labute approximate surface area is 118 Å². The van der Waals surface area contributed by atoms with Gasteiger partial charge in [0.05, 0.1) is 11.5 Å². The smallest absolute Gasteiger partial charge is 0.293 e. The maximum absolute atomic E-state index is 11.1. The van der Waals surface area contributed by atoms with E-state index in [2.05, 4.69) is 17.4 Å². The van der Waals surface area contributed by atoms with Crippen LogP contribution >= 0.6 is 0 Å². The molecule has 1 fully saturated rings. The van der Waals surface area contributed by atoms with Gasteiger partial charge in [0.15, 0.2) is 0 Å². The number of piperazine rings is 1. The Morgan fingerprint density at radius 1 is 1.35 bits per heavy atom. The van der Waals surface area contributed by atoms with Crippen LogP contribution in [0.1, 0.15) is 6.92 Å². The van der Waals surface area contributed by atoms with Crippen LogP contribution in [-0.2, 0) is 0 Å². The number of rotatable bonds is 5. The third kappa shape index (κ3) is 3.58. The SMILES string of the molecule is CCOc1ccc([N+](=O)[O-])c(NN2CCN(C)CC2)c1. The van der Waals surface area contributed by atoms with Gasteiger partial charge >= 0.3 is 0 Å². The second-order valence-electron chi connectivity index (χ2n) is 4.77. The number of hydrogen-bond donors (Lipinski definition) is 1. The lowest BCUT2D eigenvalue weighted by Gasteiger charge is -2.32. The third-order valence-electron chi connectivity index (χ3n) is 3.26. The molecule has 0 bridgehead atoms. The zero-order valence-electron chi connectivity index (χ0n) is 11.8. The van der Waals surface area contributed by atoms with E-state index in [1.807, 2.05) is 11.9 Å². The van der Waals surface area contributed by atoms with Crippen LogP contribution in [0.5, 0.6) is 5.75 Å². The number of ether oxygens (including phenoxy) is 1. The summed E-state index contributed by atoms with van der Waals surface area (Å²) in [6.45, 7) is 5.94. The monoisotopic (exact) mass is 280 g/mol. The lowest BCUT2D eigenvalue weighted by molar-refractivity contribution is -0.384. The number of hydrogen-bond acceptors (Lipinski definition) is 6. The molecule has 20 heavy (non-hydrogen) atoms. The van der Waals surface area contributed by atoms with Gasteiger partial charge in [-0.15, -0.1) is 0 Å². The van der Waals surface area contributed by atoms with Gasteiger partial charge in [-0.05, 0) is 20.0 Å². The van der Waals surface area contributed by atoms with Gasteiger partial charge in [-0.25, -0.2) is 5.01 Å². The van der Waals surface area contributed by atoms with Crippen molar-refractivity contribution < 1.29 is 9.66 Å². The Morgan fingerprint density at radius 2 is 2.05 bits per heavy atom. The molecule has 2 rings (SSSR count). The van der Waals surface area contributed by atoms with Crippen LogP contribution in [-0.4, -0.2) is 54.7 Å². The minimum absolute atomic E-state index is 0.0624. The minimum Gasteiger partial charge on any atom is -0.494 e. The van der Waals surface area contributed by atoms with Crippen molar-refractivity contribution in [3.63, 3.8) is 0 Å². The van der Waals surface area contributed by atoms with Gasteiger partial charge in [-0.2, -0.15) is 0 Å². The van der Waals surface area contributed by atoms with Crippen molar-refractivity contribution in [3.05, 3.63) is 28.3 Å². The standard InChI is InChI=1S/C13H20N4O3/c1-3-20-11-4-5-13(17(18)19)12(10-11)14-16-8-6-15(2)7-9-16/h4-5,10,14H,3,6-9H2,1-2H3. The van der Waals surface area contributed by atoms with Crippen LogP contribution in [0.3, 0.4) is 0 Å². The summed E-state index contributed by atoms with van der Waals surface area (Å²) < 4.78 is 5.40. The molecule has 1 aliphatic heterocycles. The van der Waals surface area contributed by atoms with E-state index < -0.39 is 0 Å². The molecule has 7 heteroatoms. The van der Waals surface area contributed by atoms with E-state index in [1.165, 1.54) is 6.07 Å². The summed E-state index contributed by atoms with van der Waals surface area (Å²) in [4.78, 5) is 12.9. The fourth-order valence-electron chi connectivity index (χ4n) is 2.11. The van der Waals surface area contributed by atoms with E-state index in [-0.39, 0.29) is 10.6 Å². The molecule has 0 spiro atoms. The number of likely N-dealkylation sites (N-methyl/N-ethyl adjacent to an activating group) is 1. The van der Waals surface area contributed by atoms with E-state index in [1.54, 1.807) is 12.1 Å². The summed E-state index contributed by atoms with van der Waals surface area (Å²) in [5.74, 6) is 0.634. The summed E-state index contributed by atoms with van der Waals surface area (Å²) in [7, 11) is 2.06. The van der Waals surface area contributed by atoms with Gasteiger partial charge in [-0.1, -0.05) is 0 Å². The molecule has 1 aromatic carbocycles. The molecule has 1 saturated heterocycles. The maximum Gasteiger partial charge on any atom is 0.293 e. The molecule has 1 N–H and O–H groups in total. The first-order chi connectivity index (χ1) is 9.60. The second-order valence-corrected chi connectivity index (χ2v) is 4.77. The summed E-state index contributed by atoms with van der Waals surface area (Å²) in [6.07, 6.45) is 0. The normalized spacial score (nSPS) is 16.9. The largest absolute Gasteiger partial charge is 0.494 e. The van der Waals surface area contributed by atoms with E-state index >= 15 is 0 Å². The quantitative estimate of drug-likeness (QED) is 0.652. The Bertz CT molecular complexity index is 473. The van der Waals surface area contributed by atoms with Crippen molar-refractivity contribution in [3.8, 4) is 5.75 Å². The first kappa shape index (κ1) is 14.5. The van der Waals surface area contributed by atoms with Crippen LogP contribution in [0.2, 0.25) is 0 Å². The lowest BCUT2D eigenvalue weighted by Crippen LogP contribution is -2.47. The van der Waals surface area contributed by atoms with Gasteiger partial charge < -0.3 is 15.1 Å². The fourth-order valence-corrected chi connectivity index (χ4v) is 2.11. The van der Waals surface area contributed by atoms with Crippen molar-refractivity contribution >= 4 is 11.4 Å². The van der Waals surface area contributed by atoms with Crippen LogP contribution in [0.25, 0.3) is 0 Å². The number of nitro benzene ring substituents is 1. The predicted octanol–water partition coefficient (Wildman–Crippen LogP) is 1.57. The van der Waals surface area contributed by atoms with Crippen LogP contribution in [0, 0.1) is 10.1 Å². The Morgan fingerprint density at radius 3 is 2.65 bits per heavy atom. The number of nitrogens with zero attached hydrogens (tertiary/aromatic N) is 3. The first-order valence-corrected chi connectivity index (χ1v) is 6.71. The number of benzene rings is 1. The first-order valence-electron chi connectivity index (χ1n) is 6.71. The molecule has 0 atom stereocenters. The van der Waals surface area contributed by atoms with Crippen molar-refractivity contribution in [1.82, 2.24) is 9.91 Å². The lowest BCUT2D eigenvalue weighted by atomic mass is 10.2. The Kier molecular flexibility index (Phi) is 4.75. The molecule has 1 aliphatic rings. The highest BCUT2D eigenvalue weighted by Crippen LogP contribution is 2.29. The van der Waals surface area contributed by atoms with Crippen molar-refractivity contribution in [2.45, 2.75) is 6.92 Å². The molecule has 0 amide bonds. The topological polar surface area (TPSA) is 70.9 Å². The fraction of sp³-hybridized carbons (Fsp3) is 0.538. The van der Waals surface area contributed by atoms with Crippen LogP contribution < -0.4 is 10.2 Å². The highest BCUT2D eigenvalue weighted by Gasteiger charge is 2.19. The highest BCUT2D eigenvalue weighted by molar-refractivity contribution is 5.63. The van der Waals surface area contributed by atoms with E-state index in [0.717, 1.165) is 26.2 Å². The van der Waals surface area contributed by atoms with Crippen LogP contribution in [0.4, 0.5) is 11.4 Å².